The van der Waals surface area contributed by atoms with Gasteiger partial charge >= 0.3 is 5.97 Å². The van der Waals surface area contributed by atoms with E-state index in [2.05, 4.69) is 18.6 Å². The molecule has 25 heavy (non-hydrogen) atoms. The van der Waals surface area contributed by atoms with Crippen LogP contribution in [0.1, 0.15) is 65.7 Å². The van der Waals surface area contributed by atoms with Crippen molar-refractivity contribution in [2.75, 3.05) is 7.11 Å². The summed E-state index contributed by atoms with van der Waals surface area (Å²) in [6.45, 7) is 6.18. The summed E-state index contributed by atoms with van der Waals surface area (Å²) in [7, 11) is 1.24. The standard InChI is InChI=1S/C18H29NO6/c1-16(2)12-9-10-17(16,3)18(22,11-12)14(20)7-5-13(19(23)24)6-8-15(21)25-4/h12-13,22H,5-11H2,1-4H3/t12-,13-,17-,18+/m1/s1. The fourth-order valence-corrected chi connectivity index (χ4v) is 4.94. The van der Waals surface area contributed by atoms with Crippen molar-refractivity contribution in [3.05, 3.63) is 10.1 Å². The number of esters is 1. The molecule has 7 heteroatoms. The number of aliphatic hydroxyl groups is 1. The first-order valence-electron chi connectivity index (χ1n) is 8.95. The number of hydrogen-bond donors (Lipinski definition) is 1. The Hall–Kier alpha value is -1.50. The zero-order valence-electron chi connectivity index (χ0n) is 15.5. The Morgan fingerprint density at radius 1 is 1.28 bits per heavy atom. The number of ether oxygens (including phenoxy) is 1. The van der Waals surface area contributed by atoms with E-state index in [9.17, 15) is 24.8 Å². The summed E-state index contributed by atoms with van der Waals surface area (Å²) < 4.78 is 4.50. The summed E-state index contributed by atoms with van der Waals surface area (Å²) in [6, 6.07) is -0.981. The van der Waals surface area contributed by atoms with E-state index in [4.69, 9.17) is 0 Å². The van der Waals surface area contributed by atoms with Crippen LogP contribution in [-0.4, -0.2) is 40.5 Å². The minimum Gasteiger partial charge on any atom is -0.469 e. The summed E-state index contributed by atoms with van der Waals surface area (Å²) in [5.74, 6) is -0.494. The molecule has 2 aliphatic rings. The van der Waals surface area contributed by atoms with Crippen molar-refractivity contribution in [2.45, 2.75) is 77.4 Å². The van der Waals surface area contributed by atoms with Gasteiger partial charge in [-0.1, -0.05) is 20.8 Å². The van der Waals surface area contributed by atoms with Crippen LogP contribution >= 0.6 is 0 Å². The van der Waals surface area contributed by atoms with E-state index in [1.54, 1.807) is 0 Å². The number of nitro groups is 1. The van der Waals surface area contributed by atoms with Gasteiger partial charge in [0.1, 0.15) is 5.60 Å². The second-order valence-electron chi connectivity index (χ2n) is 8.37. The molecule has 2 aliphatic carbocycles. The predicted octanol–water partition coefficient (Wildman–Crippen LogP) is 2.51. The predicted molar refractivity (Wildman–Crippen MR) is 90.5 cm³/mol. The highest BCUT2D eigenvalue weighted by atomic mass is 16.6. The van der Waals surface area contributed by atoms with Gasteiger partial charge in [-0.2, -0.15) is 0 Å². The van der Waals surface area contributed by atoms with Gasteiger partial charge in [-0.3, -0.25) is 19.7 Å². The van der Waals surface area contributed by atoms with Gasteiger partial charge in [-0.25, -0.2) is 0 Å². The minimum atomic E-state index is -1.40. The number of rotatable bonds is 8. The van der Waals surface area contributed by atoms with Crippen molar-refractivity contribution in [3.63, 3.8) is 0 Å². The maximum absolute atomic E-state index is 12.8. The van der Waals surface area contributed by atoms with Crippen LogP contribution in [-0.2, 0) is 14.3 Å². The Morgan fingerprint density at radius 3 is 2.32 bits per heavy atom. The number of methoxy groups -OCH3 is 1. The Morgan fingerprint density at radius 2 is 1.88 bits per heavy atom. The summed E-state index contributed by atoms with van der Waals surface area (Å²) in [6.07, 6.45) is 2.24. The third kappa shape index (κ3) is 3.07. The fraction of sp³-hybridized carbons (Fsp3) is 0.889. The average Bonchev–Trinajstić information content (AvgIpc) is 2.85. The molecule has 2 saturated carbocycles. The molecule has 0 spiro atoms. The summed E-state index contributed by atoms with van der Waals surface area (Å²) in [5, 5.41) is 22.3. The summed E-state index contributed by atoms with van der Waals surface area (Å²) in [5.41, 5.74) is -2.01. The lowest BCUT2D eigenvalue weighted by Crippen LogP contribution is -2.53. The van der Waals surface area contributed by atoms with E-state index >= 15 is 0 Å². The van der Waals surface area contributed by atoms with E-state index in [0.29, 0.717) is 12.3 Å². The number of hydrogen-bond acceptors (Lipinski definition) is 6. The topological polar surface area (TPSA) is 107 Å². The van der Waals surface area contributed by atoms with E-state index < -0.39 is 28.0 Å². The van der Waals surface area contributed by atoms with Crippen LogP contribution in [0.2, 0.25) is 0 Å². The Bertz CT molecular complexity index is 574. The molecule has 4 atom stereocenters. The van der Waals surface area contributed by atoms with Gasteiger partial charge in [-0.05, 0) is 30.6 Å². The van der Waals surface area contributed by atoms with Crippen molar-refractivity contribution in [3.8, 4) is 0 Å². The molecular weight excluding hydrogens is 326 g/mol. The average molecular weight is 355 g/mol. The molecule has 0 unspecified atom stereocenters. The molecule has 7 nitrogen and oxygen atoms in total. The van der Waals surface area contributed by atoms with E-state index in [1.807, 2.05) is 6.92 Å². The molecular formula is C18H29NO6. The van der Waals surface area contributed by atoms with Gasteiger partial charge in [0.2, 0.25) is 6.04 Å². The molecule has 0 heterocycles. The van der Waals surface area contributed by atoms with Gasteiger partial charge < -0.3 is 9.84 Å². The zero-order chi connectivity index (χ0) is 19.0. The number of carbonyl (C=O) groups is 2. The molecule has 0 amide bonds. The van der Waals surface area contributed by atoms with Crippen LogP contribution in [0.25, 0.3) is 0 Å². The third-order valence-electron chi connectivity index (χ3n) is 7.26. The quantitative estimate of drug-likeness (QED) is 0.407. The molecule has 142 valence electrons. The largest absolute Gasteiger partial charge is 0.469 e. The van der Waals surface area contributed by atoms with Gasteiger partial charge in [0.05, 0.1) is 13.5 Å². The van der Waals surface area contributed by atoms with Gasteiger partial charge in [0.25, 0.3) is 0 Å². The van der Waals surface area contributed by atoms with Crippen molar-refractivity contribution in [2.24, 2.45) is 16.7 Å². The monoisotopic (exact) mass is 355 g/mol. The van der Waals surface area contributed by atoms with E-state index in [-0.39, 0.29) is 36.9 Å². The Kier molecular flexibility index (Phi) is 5.28. The van der Waals surface area contributed by atoms with Crippen molar-refractivity contribution < 1.29 is 24.4 Å². The third-order valence-corrected chi connectivity index (χ3v) is 7.26. The fourth-order valence-electron chi connectivity index (χ4n) is 4.94. The smallest absolute Gasteiger partial charge is 0.305 e. The van der Waals surface area contributed by atoms with E-state index in [0.717, 1.165) is 12.8 Å². The number of carbonyl (C=O) groups excluding carboxylic acids is 2. The van der Waals surface area contributed by atoms with Crippen LogP contribution in [0, 0.1) is 26.9 Å². The molecule has 0 aromatic carbocycles. The second-order valence-corrected chi connectivity index (χ2v) is 8.37. The van der Waals surface area contributed by atoms with Crippen molar-refractivity contribution in [1.82, 2.24) is 0 Å². The second kappa shape index (κ2) is 6.67. The highest BCUT2D eigenvalue weighted by Crippen LogP contribution is 2.69. The molecule has 0 aromatic heterocycles. The molecule has 0 saturated heterocycles. The van der Waals surface area contributed by atoms with Crippen LogP contribution in [0.4, 0.5) is 0 Å². The first-order valence-corrected chi connectivity index (χ1v) is 8.95. The van der Waals surface area contributed by atoms with Gasteiger partial charge in [0.15, 0.2) is 5.78 Å². The van der Waals surface area contributed by atoms with Crippen LogP contribution < -0.4 is 0 Å². The minimum absolute atomic E-state index is 0.0340. The molecule has 2 rings (SSSR count). The lowest BCUT2D eigenvalue weighted by Gasteiger charge is -2.44. The first kappa shape index (κ1) is 19.8. The van der Waals surface area contributed by atoms with Crippen molar-refractivity contribution in [1.29, 1.82) is 0 Å². The lowest BCUT2D eigenvalue weighted by atomic mass is 9.62. The molecule has 1 N–H and O–H groups in total. The maximum atomic E-state index is 12.8. The summed E-state index contributed by atoms with van der Waals surface area (Å²) >= 11 is 0. The number of nitrogens with zero attached hydrogens (tertiary/aromatic N) is 1. The lowest BCUT2D eigenvalue weighted by molar-refractivity contribution is -0.524. The van der Waals surface area contributed by atoms with Crippen LogP contribution in [0.15, 0.2) is 0 Å². The Balaban J connectivity index is 2.02. The highest BCUT2D eigenvalue weighted by Gasteiger charge is 2.70. The van der Waals surface area contributed by atoms with Gasteiger partial charge in [0, 0.05) is 29.6 Å². The molecule has 2 fully saturated rings. The normalized spacial score (nSPS) is 33.9. The summed E-state index contributed by atoms with van der Waals surface area (Å²) in [4.78, 5) is 34.7. The Labute approximate surface area is 148 Å². The van der Waals surface area contributed by atoms with Crippen molar-refractivity contribution >= 4 is 11.8 Å². The highest BCUT2D eigenvalue weighted by molar-refractivity contribution is 5.89. The zero-order valence-corrected chi connectivity index (χ0v) is 15.5. The maximum Gasteiger partial charge on any atom is 0.305 e. The molecule has 2 bridgehead atoms. The van der Waals surface area contributed by atoms with Crippen LogP contribution in [0.5, 0.6) is 0 Å². The van der Waals surface area contributed by atoms with Gasteiger partial charge in [-0.15, -0.1) is 0 Å². The number of ketones is 1. The molecule has 0 radical (unpaired) electrons. The number of Topliss-reactive ketones (excluding diaryl/α,β-unsaturated/α-hetero) is 1. The number of fused-ring (bicyclic) bond motifs is 2. The first-order chi connectivity index (χ1) is 11.5. The molecule has 0 aromatic rings. The van der Waals surface area contributed by atoms with E-state index in [1.165, 1.54) is 7.11 Å². The van der Waals surface area contributed by atoms with Crippen LogP contribution in [0.3, 0.4) is 0 Å². The SMILES string of the molecule is COC(=O)CC[C@@H](CCC(=O)[C@@]1(O)C[C@H]2CC[C@]1(C)C2(C)C)[N+](=O)[O-]. The molecule has 0 aliphatic heterocycles.